The lowest BCUT2D eigenvalue weighted by atomic mass is 10.1. The van der Waals surface area contributed by atoms with Crippen LogP contribution in [0.3, 0.4) is 0 Å². The molecule has 0 atom stereocenters. The van der Waals surface area contributed by atoms with Gasteiger partial charge in [-0.1, -0.05) is 72.8 Å². The molecule has 7 heteroatoms. The zero-order chi connectivity index (χ0) is 25.3. The quantitative estimate of drug-likeness (QED) is 0.293. The molecule has 0 unspecified atom stereocenters. The van der Waals surface area contributed by atoms with E-state index in [1.165, 1.54) is 19.9 Å². The highest BCUT2D eigenvalue weighted by Gasteiger charge is 2.36. The van der Waals surface area contributed by atoms with E-state index in [4.69, 9.17) is 9.47 Å². The molecule has 0 heterocycles. The topological polar surface area (TPSA) is 86.7 Å². The Morgan fingerprint density at radius 1 is 0.829 bits per heavy atom. The molecule has 0 radical (unpaired) electrons. The SMILES string of the molecule is CC(C)(COC(=O)c1ccccc1)S(=O)(=O)Cc1ccccc1/C=C/C(=O)OCc1ccccc1. The monoisotopic (exact) mass is 492 g/mol. The summed E-state index contributed by atoms with van der Waals surface area (Å²) < 4.78 is 35.6. The van der Waals surface area contributed by atoms with Crippen molar-refractivity contribution >= 4 is 27.9 Å². The maximum absolute atomic E-state index is 13.2. The van der Waals surface area contributed by atoms with Gasteiger partial charge in [0.2, 0.25) is 0 Å². The van der Waals surface area contributed by atoms with Gasteiger partial charge in [0.25, 0.3) is 0 Å². The Hall–Kier alpha value is -3.71. The van der Waals surface area contributed by atoms with Gasteiger partial charge >= 0.3 is 11.9 Å². The van der Waals surface area contributed by atoms with Crippen LogP contribution in [0.15, 0.2) is 91.0 Å². The third-order valence-electron chi connectivity index (χ3n) is 5.43. The van der Waals surface area contributed by atoms with E-state index in [0.717, 1.165) is 5.56 Å². The van der Waals surface area contributed by atoms with Gasteiger partial charge in [0.1, 0.15) is 18.0 Å². The van der Waals surface area contributed by atoms with Crippen LogP contribution in [-0.4, -0.2) is 31.7 Å². The first-order valence-corrected chi connectivity index (χ1v) is 12.7. The Bertz CT molecular complexity index is 1280. The van der Waals surface area contributed by atoms with Crippen molar-refractivity contribution in [1.29, 1.82) is 0 Å². The summed E-state index contributed by atoms with van der Waals surface area (Å²) in [6.07, 6.45) is 2.82. The van der Waals surface area contributed by atoms with Crippen LogP contribution in [-0.2, 0) is 36.5 Å². The number of rotatable bonds is 10. The van der Waals surface area contributed by atoms with E-state index < -0.39 is 26.5 Å². The van der Waals surface area contributed by atoms with Crippen molar-refractivity contribution in [3.8, 4) is 0 Å². The van der Waals surface area contributed by atoms with Crippen molar-refractivity contribution in [2.75, 3.05) is 6.61 Å². The van der Waals surface area contributed by atoms with Crippen LogP contribution in [0.1, 0.15) is 40.9 Å². The molecule has 0 bridgehead atoms. The number of carbonyl (C=O) groups is 2. The number of carbonyl (C=O) groups excluding carboxylic acids is 2. The predicted octanol–water partition coefficient (Wildman–Crippen LogP) is 4.99. The van der Waals surface area contributed by atoms with Crippen molar-refractivity contribution in [2.24, 2.45) is 0 Å². The number of ether oxygens (including phenoxy) is 2. The number of hydrogen-bond donors (Lipinski definition) is 0. The summed E-state index contributed by atoms with van der Waals surface area (Å²) in [6.45, 7) is 2.92. The maximum Gasteiger partial charge on any atom is 0.338 e. The molecule has 35 heavy (non-hydrogen) atoms. The lowest BCUT2D eigenvalue weighted by Gasteiger charge is -2.25. The maximum atomic E-state index is 13.2. The largest absolute Gasteiger partial charge is 0.460 e. The Morgan fingerprint density at radius 3 is 2.11 bits per heavy atom. The Labute approximate surface area is 206 Å². The molecule has 0 aliphatic rings. The normalized spacial score (nSPS) is 11.8. The molecule has 0 aromatic heterocycles. The van der Waals surface area contributed by atoms with E-state index in [1.54, 1.807) is 60.7 Å². The zero-order valence-corrected chi connectivity index (χ0v) is 20.5. The summed E-state index contributed by atoms with van der Waals surface area (Å²) in [5.41, 5.74) is 2.35. The van der Waals surface area contributed by atoms with E-state index in [2.05, 4.69) is 0 Å². The Balaban J connectivity index is 1.65. The van der Waals surface area contributed by atoms with Crippen LogP contribution in [0.5, 0.6) is 0 Å². The molecule has 0 saturated heterocycles. The average molecular weight is 493 g/mol. The molecule has 6 nitrogen and oxygen atoms in total. The van der Waals surface area contributed by atoms with E-state index in [9.17, 15) is 18.0 Å². The van der Waals surface area contributed by atoms with Crippen molar-refractivity contribution < 1.29 is 27.5 Å². The first-order valence-electron chi connectivity index (χ1n) is 11.1. The summed E-state index contributed by atoms with van der Waals surface area (Å²) in [5, 5.41) is 0. The van der Waals surface area contributed by atoms with Crippen LogP contribution in [0.25, 0.3) is 6.08 Å². The number of sulfone groups is 1. The molecule has 3 rings (SSSR count). The van der Waals surface area contributed by atoms with E-state index in [1.807, 2.05) is 30.3 Å². The fourth-order valence-corrected chi connectivity index (χ4v) is 4.45. The van der Waals surface area contributed by atoms with Crippen LogP contribution in [0.2, 0.25) is 0 Å². The standard InChI is InChI=1S/C28H28O6S/c1-28(2,21-34-27(30)24-14-7-4-8-15-24)35(31,32)20-25-16-10-9-13-23(25)17-18-26(29)33-19-22-11-5-3-6-12-22/h3-18H,19-21H2,1-2H3/b18-17+. The first-order chi connectivity index (χ1) is 16.7. The second-order valence-corrected chi connectivity index (χ2v) is 11.2. The van der Waals surface area contributed by atoms with Gasteiger partial charge in [-0.15, -0.1) is 0 Å². The van der Waals surface area contributed by atoms with Crippen molar-refractivity contribution in [1.82, 2.24) is 0 Å². The highest BCUT2D eigenvalue weighted by atomic mass is 32.2. The molecule has 0 aliphatic carbocycles. The summed E-state index contributed by atoms with van der Waals surface area (Å²) in [7, 11) is -3.73. The lowest BCUT2D eigenvalue weighted by molar-refractivity contribution is -0.138. The first kappa shape index (κ1) is 25.9. The second kappa shape index (κ2) is 11.6. The predicted molar refractivity (Wildman–Crippen MR) is 135 cm³/mol. The Kier molecular flexibility index (Phi) is 8.60. The molecule has 0 saturated carbocycles. The van der Waals surface area contributed by atoms with E-state index >= 15 is 0 Å². The fraction of sp³-hybridized carbons (Fsp3) is 0.214. The molecule has 3 aromatic rings. The average Bonchev–Trinajstić information content (AvgIpc) is 2.86. The van der Waals surface area contributed by atoms with Crippen molar-refractivity contribution in [2.45, 2.75) is 31.0 Å². The third-order valence-corrected chi connectivity index (χ3v) is 7.92. The fourth-order valence-electron chi connectivity index (χ4n) is 3.15. The summed E-state index contributed by atoms with van der Waals surface area (Å²) >= 11 is 0. The number of benzene rings is 3. The third kappa shape index (κ3) is 7.39. The van der Waals surface area contributed by atoms with Crippen LogP contribution in [0.4, 0.5) is 0 Å². The molecule has 0 N–H and O–H groups in total. The highest BCUT2D eigenvalue weighted by Crippen LogP contribution is 2.24. The lowest BCUT2D eigenvalue weighted by Crippen LogP contribution is -2.38. The van der Waals surface area contributed by atoms with Gasteiger partial charge in [0, 0.05) is 6.08 Å². The second-order valence-electron chi connectivity index (χ2n) is 8.59. The highest BCUT2D eigenvalue weighted by molar-refractivity contribution is 7.92. The molecular weight excluding hydrogens is 464 g/mol. The minimum atomic E-state index is -3.73. The van der Waals surface area contributed by atoms with Gasteiger partial charge in [-0.05, 0) is 48.7 Å². The summed E-state index contributed by atoms with van der Waals surface area (Å²) in [4.78, 5) is 24.4. The van der Waals surface area contributed by atoms with Crippen molar-refractivity contribution in [3.05, 3.63) is 113 Å². The van der Waals surface area contributed by atoms with Crippen LogP contribution >= 0.6 is 0 Å². The van der Waals surface area contributed by atoms with E-state index in [-0.39, 0.29) is 19.0 Å². The number of esters is 2. The smallest absolute Gasteiger partial charge is 0.338 e. The summed E-state index contributed by atoms with van der Waals surface area (Å²) in [5.74, 6) is -1.38. The number of hydrogen-bond acceptors (Lipinski definition) is 6. The van der Waals surface area contributed by atoms with Gasteiger partial charge < -0.3 is 9.47 Å². The zero-order valence-electron chi connectivity index (χ0n) is 19.7. The molecule has 0 fully saturated rings. The van der Waals surface area contributed by atoms with Crippen LogP contribution < -0.4 is 0 Å². The molecule has 0 spiro atoms. The minimum Gasteiger partial charge on any atom is -0.460 e. The Morgan fingerprint density at radius 2 is 1.43 bits per heavy atom. The van der Waals surface area contributed by atoms with Gasteiger partial charge in [-0.25, -0.2) is 18.0 Å². The molecule has 3 aromatic carbocycles. The minimum absolute atomic E-state index is 0.149. The van der Waals surface area contributed by atoms with Crippen LogP contribution in [0, 0.1) is 0 Å². The van der Waals surface area contributed by atoms with Crippen molar-refractivity contribution in [3.63, 3.8) is 0 Å². The molecule has 182 valence electrons. The molecule has 0 aliphatic heterocycles. The molecular formula is C28H28O6S. The van der Waals surface area contributed by atoms with E-state index in [0.29, 0.717) is 16.7 Å². The molecule has 0 amide bonds. The van der Waals surface area contributed by atoms with Gasteiger partial charge in [0.15, 0.2) is 9.84 Å². The van der Waals surface area contributed by atoms with Gasteiger partial charge in [-0.2, -0.15) is 0 Å². The van der Waals surface area contributed by atoms with Gasteiger partial charge in [-0.3, -0.25) is 0 Å². The summed E-state index contributed by atoms with van der Waals surface area (Å²) in [6, 6.07) is 24.6. The van der Waals surface area contributed by atoms with Gasteiger partial charge in [0.05, 0.1) is 11.3 Å².